The van der Waals surface area contributed by atoms with E-state index in [-0.39, 0.29) is 6.04 Å². The second-order valence-electron chi connectivity index (χ2n) is 10.3. The second-order valence-corrected chi connectivity index (χ2v) is 10.3. The lowest BCUT2D eigenvalue weighted by atomic mass is 9.71. The number of aliphatic hydroxyl groups is 1. The molecule has 0 spiro atoms. The molecular formula is C30H37N2O5+. The molecule has 0 aliphatic carbocycles. The van der Waals surface area contributed by atoms with Crippen LogP contribution in [0.1, 0.15) is 30.1 Å². The van der Waals surface area contributed by atoms with Gasteiger partial charge in [0.05, 0.1) is 52.6 Å². The number of rotatable bonds is 9. The van der Waals surface area contributed by atoms with Gasteiger partial charge in [-0.25, -0.2) is 0 Å². The van der Waals surface area contributed by atoms with Crippen LogP contribution in [0.4, 0.5) is 0 Å². The lowest BCUT2D eigenvalue weighted by Gasteiger charge is -2.58. The summed E-state index contributed by atoms with van der Waals surface area (Å²) in [6, 6.07) is 11.8. The van der Waals surface area contributed by atoms with E-state index >= 15 is 0 Å². The van der Waals surface area contributed by atoms with Gasteiger partial charge in [0.25, 0.3) is 0 Å². The van der Waals surface area contributed by atoms with Crippen molar-refractivity contribution < 1.29 is 28.5 Å². The lowest BCUT2D eigenvalue weighted by molar-refractivity contribution is -0.984. The lowest BCUT2D eigenvalue weighted by Crippen LogP contribution is -2.67. The first-order chi connectivity index (χ1) is 18.0. The largest absolute Gasteiger partial charge is 0.497 e. The number of quaternary nitrogens is 1. The number of piperidine rings is 3. The number of benzene rings is 2. The number of aliphatic hydroxyl groups excluding tert-OH is 1. The second kappa shape index (κ2) is 10.2. The van der Waals surface area contributed by atoms with Crippen LogP contribution in [0.3, 0.4) is 0 Å². The van der Waals surface area contributed by atoms with Crippen LogP contribution in [-0.2, 0) is 6.54 Å². The van der Waals surface area contributed by atoms with Crippen molar-refractivity contribution in [2.24, 2.45) is 11.8 Å². The molecule has 7 heteroatoms. The number of pyridine rings is 1. The Bertz CT molecular complexity index is 1290. The van der Waals surface area contributed by atoms with E-state index in [2.05, 4.69) is 23.7 Å². The van der Waals surface area contributed by atoms with E-state index in [1.807, 2.05) is 30.3 Å². The Hall–Kier alpha value is -3.29. The number of nitrogens with zero attached hydrogens (tertiary/aromatic N) is 2. The molecule has 7 nitrogen and oxygen atoms in total. The molecule has 6 rings (SSSR count). The summed E-state index contributed by atoms with van der Waals surface area (Å²) in [5.41, 5.74) is 2.79. The van der Waals surface area contributed by atoms with Gasteiger partial charge in [0.1, 0.15) is 24.4 Å². The molecule has 0 amide bonds. The van der Waals surface area contributed by atoms with Gasteiger partial charge in [-0.05, 0) is 47.9 Å². The zero-order valence-electron chi connectivity index (χ0n) is 22.1. The van der Waals surface area contributed by atoms with Gasteiger partial charge in [-0.1, -0.05) is 6.08 Å². The molecule has 3 aliphatic rings. The maximum atomic E-state index is 12.1. The van der Waals surface area contributed by atoms with E-state index in [0.717, 1.165) is 58.2 Å². The molecule has 3 unspecified atom stereocenters. The van der Waals surface area contributed by atoms with Crippen molar-refractivity contribution in [3.63, 3.8) is 0 Å². The van der Waals surface area contributed by atoms with Crippen molar-refractivity contribution in [1.82, 2.24) is 4.98 Å². The first kappa shape index (κ1) is 25.4. The third-order valence-electron chi connectivity index (χ3n) is 8.61. The van der Waals surface area contributed by atoms with Gasteiger partial charge in [-0.3, -0.25) is 4.98 Å². The third-order valence-corrected chi connectivity index (χ3v) is 8.61. The highest BCUT2D eigenvalue weighted by atomic mass is 16.5. The van der Waals surface area contributed by atoms with Gasteiger partial charge in [0.2, 0.25) is 5.75 Å². The molecule has 4 heterocycles. The summed E-state index contributed by atoms with van der Waals surface area (Å²) < 4.78 is 23.3. The maximum absolute atomic E-state index is 12.1. The average Bonchev–Trinajstić information content (AvgIpc) is 2.95. The van der Waals surface area contributed by atoms with E-state index in [9.17, 15) is 5.11 Å². The summed E-state index contributed by atoms with van der Waals surface area (Å²) in [7, 11) is 6.58. The van der Waals surface area contributed by atoms with E-state index in [0.29, 0.717) is 35.6 Å². The van der Waals surface area contributed by atoms with E-state index in [1.54, 1.807) is 34.6 Å². The minimum absolute atomic E-state index is 0.0181. The van der Waals surface area contributed by atoms with E-state index in [4.69, 9.17) is 18.9 Å². The summed E-state index contributed by atoms with van der Waals surface area (Å²) in [4.78, 5) is 4.53. The topological polar surface area (TPSA) is 70.0 Å². The Kier molecular flexibility index (Phi) is 7.01. The Morgan fingerprint density at radius 2 is 1.86 bits per heavy atom. The Balaban J connectivity index is 1.59. The number of aromatic nitrogens is 1. The monoisotopic (exact) mass is 505 g/mol. The van der Waals surface area contributed by atoms with Gasteiger partial charge in [-0.2, -0.15) is 0 Å². The minimum Gasteiger partial charge on any atom is -0.497 e. The van der Waals surface area contributed by atoms with Crippen molar-refractivity contribution >= 4 is 10.9 Å². The SMILES string of the molecule is C=CC1C[N+]2(Cc3ccc(OC)c(OC)c3OC)CCC1C[C@H]2[C@H](O)c1ccnc2ccc(OC)cc12. The minimum atomic E-state index is -0.655. The number of ether oxygens (including phenoxy) is 4. The van der Waals surface area contributed by atoms with Gasteiger partial charge >= 0.3 is 0 Å². The molecule has 3 aliphatic heterocycles. The van der Waals surface area contributed by atoms with Crippen LogP contribution in [0.25, 0.3) is 10.9 Å². The Labute approximate surface area is 218 Å². The van der Waals surface area contributed by atoms with Crippen molar-refractivity contribution in [2.45, 2.75) is 31.5 Å². The molecule has 1 aromatic heterocycles. The van der Waals surface area contributed by atoms with Gasteiger partial charge in [0.15, 0.2) is 11.5 Å². The van der Waals surface area contributed by atoms with Gasteiger partial charge < -0.3 is 28.5 Å². The standard InChI is InChI=1S/C30H37N2O5/c1-6-19-17-32(18-21-7-10-27(35-3)30(37-5)29(21)36-4)14-12-20(19)15-26(32)28(33)23-11-13-31-25-9-8-22(34-2)16-24(23)25/h6-11,13,16,19-20,26,28,33H,1,12,14-15,17-18H2,2-5H3/q+1/t19?,20?,26-,28+,32?/m0/s1. The highest BCUT2D eigenvalue weighted by molar-refractivity contribution is 5.83. The van der Waals surface area contributed by atoms with Crippen LogP contribution in [0.15, 0.2) is 55.3 Å². The maximum Gasteiger partial charge on any atom is 0.203 e. The molecule has 5 atom stereocenters. The molecule has 3 saturated heterocycles. The number of fused-ring (bicyclic) bond motifs is 4. The van der Waals surface area contributed by atoms with Crippen LogP contribution in [-0.4, -0.2) is 62.1 Å². The first-order valence-electron chi connectivity index (χ1n) is 12.9. The molecule has 3 fully saturated rings. The summed E-state index contributed by atoms with van der Waals surface area (Å²) in [5.74, 6) is 3.61. The van der Waals surface area contributed by atoms with Gasteiger partial charge in [0, 0.05) is 30.3 Å². The van der Waals surface area contributed by atoms with Crippen molar-refractivity contribution in [3.05, 3.63) is 66.4 Å². The Morgan fingerprint density at radius 3 is 2.57 bits per heavy atom. The predicted molar refractivity (Wildman–Crippen MR) is 143 cm³/mol. The quantitative estimate of drug-likeness (QED) is 0.329. The molecule has 0 radical (unpaired) electrons. The molecule has 3 aromatic rings. The Morgan fingerprint density at radius 1 is 1.05 bits per heavy atom. The average molecular weight is 506 g/mol. The summed E-state index contributed by atoms with van der Waals surface area (Å²) >= 11 is 0. The summed E-state index contributed by atoms with van der Waals surface area (Å²) in [5, 5.41) is 13.0. The number of methoxy groups -OCH3 is 4. The van der Waals surface area contributed by atoms with Crippen LogP contribution in [0.5, 0.6) is 23.0 Å². The number of hydrogen-bond donors (Lipinski definition) is 1. The van der Waals surface area contributed by atoms with Gasteiger partial charge in [-0.15, -0.1) is 6.58 Å². The molecule has 2 bridgehead atoms. The fraction of sp³-hybridized carbons (Fsp3) is 0.433. The van der Waals surface area contributed by atoms with E-state index in [1.165, 1.54) is 0 Å². The third kappa shape index (κ3) is 4.30. The molecule has 0 saturated carbocycles. The zero-order chi connectivity index (χ0) is 26.2. The zero-order valence-corrected chi connectivity index (χ0v) is 22.1. The van der Waals surface area contributed by atoms with E-state index < -0.39 is 6.10 Å². The molecule has 37 heavy (non-hydrogen) atoms. The van der Waals surface area contributed by atoms with Crippen molar-refractivity contribution in [1.29, 1.82) is 0 Å². The normalized spacial score (nSPS) is 25.5. The van der Waals surface area contributed by atoms with Crippen LogP contribution in [0.2, 0.25) is 0 Å². The molecular weight excluding hydrogens is 468 g/mol. The van der Waals surface area contributed by atoms with Crippen LogP contribution < -0.4 is 18.9 Å². The van der Waals surface area contributed by atoms with Crippen LogP contribution >= 0.6 is 0 Å². The molecule has 2 aromatic carbocycles. The van der Waals surface area contributed by atoms with Crippen molar-refractivity contribution in [3.8, 4) is 23.0 Å². The smallest absolute Gasteiger partial charge is 0.203 e. The highest BCUT2D eigenvalue weighted by Gasteiger charge is 2.54. The first-order valence-corrected chi connectivity index (χ1v) is 12.9. The number of hydrogen-bond acceptors (Lipinski definition) is 6. The van der Waals surface area contributed by atoms with Crippen LogP contribution in [0, 0.1) is 11.8 Å². The fourth-order valence-corrected chi connectivity index (χ4v) is 6.75. The molecule has 1 N–H and O–H groups in total. The summed E-state index contributed by atoms with van der Waals surface area (Å²) in [6.07, 6.45) is 5.29. The fourth-order valence-electron chi connectivity index (χ4n) is 6.75. The highest BCUT2D eigenvalue weighted by Crippen LogP contribution is 2.50. The molecule has 196 valence electrons. The predicted octanol–water partition coefficient (Wildman–Crippen LogP) is 4.91. The van der Waals surface area contributed by atoms with Crippen molar-refractivity contribution in [2.75, 3.05) is 41.5 Å². The summed E-state index contributed by atoms with van der Waals surface area (Å²) in [6.45, 7) is 6.79.